The van der Waals surface area contributed by atoms with Gasteiger partial charge in [0, 0.05) is 11.3 Å². The third-order valence-corrected chi connectivity index (χ3v) is 5.74. The summed E-state index contributed by atoms with van der Waals surface area (Å²) in [5.74, 6) is -0.309. The standard InChI is InChI=1S/C16H16O3S/c1-11-3-5-13(6-4-11)20-16-8-7-12(19-14(16)18)9-15(16,2)10-17/h3-8,10,12H,9H2,1-2H3/t12-,15-,16+/m0/s1. The maximum Gasteiger partial charge on any atom is 0.328 e. The first-order valence-electron chi connectivity index (χ1n) is 6.62. The summed E-state index contributed by atoms with van der Waals surface area (Å²) in [6.07, 6.45) is 4.95. The zero-order valence-corrected chi connectivity index (χ0v) is 12.3. The number of ether oxygens (including phenoxy) is 1. The molecule has 4 heteroatoms. The van der Waals surface area contributed by atoms with Gasteiger partial charge >= 0.3 is 5.97 Å². The van der Waals surface area contributed by atoms with Crippen molar-refractivity contribution in [2.24, 2.45) is 5.41 Å². The van der Waals surface area contributed by atoms with E-state index in [0.717, 1.165) is 16.7 Å². The van der Waals surface area contributed by atoms with Crippen LogP contribution in [0.2, 0.25) is 0 Å². The molecule has 1 fully saturated rings. The highest BCUT2D eigenvalue weighted by molar-refractivity contribution is 8.01. The van der Waals surface area contributed by atoms with E-state index in [9.17, 15) is 9.59 Å². The number of fused-ring (bicyclic) bond motifs is 2. The molecule has 3 atom stereocenters. The minimum atomic E-state index is -0.946. The maximum atomic E-state index is 12.4. The Hall–Kier alpha value is -1.55. The molecule has 3 nitrogen and oxygen atoms in total. The zero-order chi connectivity index (χ0) is 14.4. The molecule has 0 N–H and O–H groups in total. The average molecular weight is 288 g/mol. The quantitative estimate of drug-likeness (QED) is 0.487. The minimum absolute atomic E-state index is 0.266. The van der Waals surface area contributed by atoms with Gasteiger partial charge in [-0.1, -0.05) is 30.7 Å². The normalized spacial score (nSPS) is 34.9. The van der Waals surface area contributed by atoms with Gasteiger partial charge in [-0.2, -0.15) is 0 Å². The molecule has 1 aliphatic carbocycles. The first kappa shape index (κ1) is 13.4. The molecule has 0 radical (unpaired) electrons. The van der Waals surface area contributed by atoms with Gasteiger partial charge in [0.1, 0.15) is 17.1 Å². The van der Waals surface area contributed by atoms with Crippen LogP contribution in [0.1, 0.15) is 18.9 Å². The van der Waals surface area contributed by atoms with Gasteiger partial charge in [0.2, 0.25) is 0 Å². The molecule has 1 saturated heterocycles. The molecular formula is C16H16O3S. The van der Waals surface area contributed by atoms with Gasteiger partial charge in [0.15, 0.2) is 0 Å². The van der Waals surface area contributed by atoms with Crippen LogP contribution in [-0.4, -0.2) is 23.1 Å². The van der Waals surface area contributed by atoms with Crippen LogP contribution in [0, 0.1) is 12.3 Å². The van der Waals surface area contributed by atoms with Crippen molar-refractivity contribution in [3.63, 3.8) is 0 Å². The second kappa shape index (κ2) is 4.48. The Morgan fingerprint density at radius 2 is 2.05 bits per heavy atom. The number of hydrogen-bond donors (Lipinski definition) is 0. The Labute approximate surface area is 122 Å². The van der Waals surface area contributed by atoms with Crippen molar-refractivity contribution in [3.8, 4) is 0 Å². The summed E-state index contributed by atoms with van der Waals surface area (Å²) < 4.78 is 4.43. The Morgan fingerprint density at radius 3 is 2.65 bits per heavy atom. The number of esters is 1. The average Bonchev–Trinajstić information content (AvgIpc) is 2.43. The molecule has 4 rings (SSSR count). The lowest BCUT2D eigenvalue weighted by molar-refractivity contribution is -0.164. The summed E-state index contributed by atoms with van der Waals surface area (Å²) in [5, 5.41) is 0. The highest BCUT2D eigenvalue weighted by atomic mass is 32.2. The van der Waals surface area contributed by atoms with Crippen molar-refractivity contribution in [3.05, 3.63) is 42.0 Å². The van der Waals surface area contributed by atoms with Crippen molar-refractivity contribution < 1.29 is 14.3 Å². The fourth-order valence-corrected chi connectivity index (χ4v) is 4.08. The number of carbonyl (C=O) groups is 2. The molecule has 1 aromatic rings. The number of aryl methyl sites for hydroxylation is 1. The van der Waals surface area contributed by atoms with Crippen LogP contribution in [0.3, 0.4) is 0 Å². The van der Waals surface area contributed by atoms with Gasteiger partial charge in [-0.05, 0) is 25.1 Å². The van der Waals surface area contributed by atoms with E-state index in [-0.39, 0.29) is 12.1 Å². The molecule has 0 saturated carbocycles. The Kier molecular flexibility index (Phi) is 3.01. The lowest BCUT2D eigenvalue weighted by Gasteiger charge is -2.49. The fraction of sp³-hybridized carbons (Fsp3) is 0.375. The van der Waals surface area contributed by atoms with Crippen molar-refractivity contribution in [2.45, 2.75) is 36.0 Å². The first-order valence-corrected chi connectivity index (χ1v) is 7.43. The van der Waals surface area contributed by atoms with Crippen LogP contribution in [0.15, 0.2) is 41.3 Å². The third kappa shape index (κ3) is 1.82. The van der Waals surface area contributed by atoms with Crippen LogP contribution in [-0.2, 0) is 14.3 Å². The van der Waals surface area contributed by atoms with Crippen molar-refractivity contribution >= 4 is 24.0 Å². The van der Waals surface area contributed by atoms with Crippen molar-refractivity contribution in [1.82, 2.24) is 0 Å². The molecule has 2 aliphatic heterocycles. The minimum Gasteiger partial charge on any atom is -0.457 e. The van der Waals surface area contributed by atoms with E-state index in [4.69, 9.17) is 4.74 Å². The predicted molar refractivity (Wildman–Crippen MR) is 77.6 cm³/mol. The topological polar surface area (TPSA) is 43.4 Å². The van der Waals surface area contributed by atoms with E-state index < -0.39 is 10.2 Å². The zero-order valence-electron chi connectivity index (χ0n) is 11.5. The van der Waals surface area contributed by atoms with Crippen LogP contribution in [0.5, 0.6) is 0 Å². The van der Waals surface area contributed by atoms with E-state index in [0.29, 0.717) is 6.42 Å². The van der Waals surface area contributed by atoms with Crippen LogP contribution >= 0.6 is 11.8 Å². The van der Waals surface area contributed by atoms with Gasteiger partial charge in [0.25, 0.3) is 0 Å². The highest BCUT2D eigenvalue weighted by Gasteiger charge is 2.61. The SMILES string of the molecule is Cc1ccc(S[C@@]23C=C[C@@H](C[C@@]2(C)C=O)OC3=O)cc1. The molecule has 1 aromatic carbocycles. The second-order valence-electron chi connectivity index (χ2n) is 5.69. The summed E-state index contributed by atoms with van der Waals surface area (Å²) in [5.41, 5.74) is 0.438. The smallest absolute Gasteiger partial charge is 0.328 e. The van der Waals surface area contributed by atoms with Gasteiger partial charge in [0.05, 0.1) is 5.41 Å². The maximum absolute atomic E-state index is 12.4. The molecule has 0 unspecified atom stereocenters. The van der Waals surface area contributed by atoms with Crippen molar-refractivity contribution in [2.75, 3.05) is 0 Å². The molecule has 2 heterocycles. The van der Waals surface area contributed by atoms with Gasteiger partial charge in [-0.15, -0.1) is 11.8 Å². The van der Waals surface area contributed by atoms with Gasteiger partial charge in [-0.3, -0.25) is 4.79 Å². The summed E-state index contributed by atoms with van der Waals surface area (Å²) >= 11 is 1.41. The number of hydrogen-bond acceptors (Lipinski definition) is 4. The van der Waals surface area contributed by atoms with Crippen LogP contribution < -0.4 is 0 Å². The lowest BCUT2D eigenvalue weighted by atomic mass is 9.68. The Morgan fingerprint density at radius 1 is 1.35 bits per heavy atom. The largest absolute Gasteiger partial charge is 0.457 e. The molecule has 0 amide bonds. The second-order valence-corrected chi connectivity index (χ2v) is 7.01. The van der Waals surface area contributed by atoms with E-state index in [1.807, 2.05) is 50.3 Å². The van der Waals surface area contributed by atoms with E-state index in [1.54, 1.807) is 0 Å². The summed E-state index contributed by atoms with van der Waals surface area (Å²) in [6.45, 7) is 3.86. The molecule has 0 aromatic heterocycles. The molecule has 2 bridgehead atoms. The number of thioether (sulfide) groups is 1. The van der Waals surface area contributed by atoms with Gasteiger partial charge in [-0.25, -0.2) is 0 Å². The highest BCUT2D eigenvalue weighted by Crippen LogP contribution is 2.55. The van der Waals surface area contributed by atoms with E-state index in [2.05, 4.69) is 0 Å². The van der Waals surface area contributed by atoms with Crippen molar-refractivity contribution in [1.29, 1.82) is 0 Å². The number of aldehydes is 1. The van der Waals surface area contributed by atoms with Crippen LogP contribution in [0.4, 0.5) is 0 Å². The number of benzene rings is 1. The summed E-state index contributed by atoms with van der Waals surface area (Å²) in [7, 11) is 0. The molecule has 0 spiro atoms. The fourth-order valence-electron chi connectivity index (χ4n) is 2.80. The summed E-state index contributed by atoms with van der Waals surface area (Å²) in [4.78, 5) is 24.9. The number of rotatable bonds is 3. The molecule has 3 aliphatic rings. The van der Waals surface area contributed by atoms with Gasteiger partial charge < -0.3 is 9.53 Å². The third-order valence-electron chi connectivity index (χ3n) is 4.14. The van der Waals surface area contributed by atoms with E-state index >= 15 is 0 Å². The summed E-state index contributed by atoms with van der Waals surface area (Å²) in [6, 6.07) is 7.95. The Balaban J connectivity index is 2.04. The molecule has 104 valence electrons. The predicted octanol–water partition coefficient (Wildman–Crippen LogP) is 2.92. The molecular weight excluding hydrogens is 272 g/mol. The number of carbonyl (C=O) groups excluding carboxylic acids is 2. The first-order chi connectivity index (χ1) is 9.49. The molecule has 20 heavy (non-hydrogen) atoms. The van der Waals surface area contributed by atoms with Crippen LogP contribution in [0.25, 0.3) is 0 Å². The van der Waals surface area contributed by atoms with E-state index in [1.165, 1.54) is 11.8 Å². The lowest BCUT2D eigenvalue weighted by Crippen LogP contribution is -2.59. The monoisotopic (exact) mass is 288 g/mol. The Bertz CT molecular complexity index is 592.